The maximum atomic E-state index is 6.35. The normalized spacial score (nSPS) is 21.9. The van der Waals surface area contributed by atoms with Gasteiger partial charge in [-0.15, -0.1) is 0 Å². The largest absolute Gasteiger partial charge is 0.487 e. The van der Waals surface area contributed by atoms with Gasteiger partial charge in [-0.25, -0.2) is 4.98 Å². The number of halogens is 1. The molecule has 0 radical (unpaired) electrons. The number of ether oxygens (including phenoxy) is 1. The molecule has 126 valence electrons. The summed E-state index contributed by atoms with van der Waals surface area (Å²) in [5.41, 5.74) is 2.36. The van der Waals surface area contributed by atoms with Crippen molar-refractivity contribution in [2.75, 3.05) is 18.0 Å². The summed E-state index contributed by atoms with van der Waals surface area (Å²) < 4.78 is 5.93. The van der Waals surface area contributed by atoms with Gasteiger partial charge >= 0.3 is 0 Å². The van der Waals surface area contributed by atoms with Crippen LogP contribution in [0.5, 0.6) is 5.75 Å². The smallest absolute Gasteiger partial charge is 0.138 e. The van der Waals surface area contributed by atoms with Crippen molar-refractivity contribution in [3.8, 4) is 5.75 Å². The van der Waals surface area contributed by atoms with Crippen LogP contribution in [0, 0.1) is 11.8 Å². The molecule has 1 aliphatic heterocycles. The quantitative estimate of drug-likeness (QED) is 0.773. The van der Waals surface area contributed by atoms with Crippen molar-refractivity contribution in [2.24, 2.45) is 11.8 Å². The zero-order valence-electron chi connectivity index (χ0n) is 14.2. The molecule has 1 saturated heterocycles. The molecular formula is C20H23ClN2O. The van der Waals surface area contributed by atoms with E-state index in [-0.39, 0.29) is 0 Å². The molecule has 2 aliphatic rings. The van der Waals surface area contributed by atoms with Gasteiger partial charge in [0.1, 0.15) is 18.2 Å². The van der Waals surface area contributed by atoms with E-state index in [0.29, 0.717) is 17.5 Å². The molecule has 0 bridgehead atoms. The second-order valence-corrected chi connectivity index (χ2v) is 7.72. The molecule has 2 heterocycles. The third-order valence-electron chi connectivity index (χ3n) is 5.13. The Morgan fingerprint density at radius 1 is 1.21 bits per heavy atom. The van der Waals surface area contributed by atoms with Gasteiger partial charge in [0.15, 0.2) is 0 Å². The number of anilines is 1. The van der Waals surface area contributed by atoms with E-state index in [0.717, 1.165) is 42.1 Å². The Balaban J connectivity index is 1.42. The number of pyridine rings is 1. The van der Waals surface area contributed by atoms with Crippen LogP contribution in [0.25, 0.3) is 0 Å². The highest BCUT2D eigenvalue weighted by atomic mass is 35.5. The van der Waals surface area contributed by atoms with Crippen LogP contribution in [-0.2, 0) is 6.61 Å². The molecule has 0 amide bonds. The SMILES string of the molecule is CC(C)c1ccc(OCc2ccnc(N3CC4CC4C3)c2)c(Cl)c1. The molecule has 24 heavy (non-hydrogen) atoms. The molecule has 2 aromatic rings. The molecule has 1 aliphatic carbocycles. The van der Waals surface area contributed by atoms with E-state index in [1.165, 1.54) is 12.0 Å². The van der Waals surface area contributed by atoms with E-state index in [1.807, 2.05) is 24.4 Å². The van der Waals surface area contributed by atoms with Crippen molar-refractivity contribution in [1.29, 1.82) is 0 Å². The second-order valence-electron chi connectivity index (χ2n) is 7.32. The van der Waals surface area contributed by atoms with Crippen molar-refractivity contribution in [2.45, 2.75) is 32.8 Å². The number of benzene rings is 1. The Morgan fingerprint density at radius 2 is 2.00 bits per heavy atom. The van der Waals surface area contributed by atoms with Crippen molar-refractivity contribution in [1.82, 2.24) is 4.98 Å². The van der Waals surface area contributed by atoms with Gasteiger partial charge < -0.3 is 9.64 Å². The van der Waals surface area contributed by atoms with Crippen molar-refractivity contribution in [3.05, 3.63) is 52.7 Å². The summed E-state index contributed by atoms with van der Waals surface area (Å²) in [7, 11) is 0. The van der Waals surface area contributed by atoms with E-state index in [9.17, 15) is 0 Å². The van der Waals surface area contributed by atoms with Gasteiger partial charge in [0.2, 0.25) is 0 Å². The average molecular weight is 343 g/mol. The van der Waals surface area contributed by atoms with Gasteiger partial charge in [-0.3, -0.25) is 0 Å². The van der Waals surface area contributed by atoms with Crippen LogP contribution in [-0.4, -0.2) is 18.1 Å². The highest BCUT2D eigenvalue weighted by molar-refractivity contribution is 6.32. The fourth-order valence-corrected chi connectivity index (χ4v) is 3.71. The number of fused-ring (bicyclic) bond motifs is 1. The first-order valence-corrected chi connectivity index (χ1v) is 9.10. The van der Waals surface area contributed by atoms with Crippen LogP contribution < -0.4 is 9.64 Å². The first-order valence-electron chi connectivity index (χ1n) is 8.72. The third-order valence-corrected chi connectivity index (χ3v) is 5.43. The minimum Gasteiger partial charge on any atom is -0.487 e. The van der Waals surface area contributed by atoms with Gasteiger partial charge in [0, 0.05) is 19.3 Å². The molecule has 1 saturated carbocycles. The van der Waals surface area contributed by atoms with Gasteiger partial charge in [-0.2, -0.15) is 0 Å². The Morgan fingerprint density at radius 3 is 2.71 bits per heavy atom. The van der Waals surface area contributed by atoms with E-state index in [4.69, 9.17) is 16.3 Å². The molecule has 2 fully saturated rings. The summed E-state index contributed by atoms with van der Waals surface area (Å²) >= 11 is 6.35. The van der Waals surface area contributed by atoms with Gasteiger partial charge in [0.25, 0.3) is 0 Å². The fourth-order valence-electron chi connectivity index (χ4n) is 3.46. The summed E-state index contributed by atoms with van der Waals surface area (Å²) in [4.78, 5) is 6.92. The van der Waals surface area contributed by atoms with Gasteiger partial charge in [-0.05, 0) is 59.6 Å². The highest BCUT2D eigenvalue weighted by Crippen LogP contribution is 2.45. The van der Waals surface area contributed by atoms with Crippen LogP contribution in [0.3, 0.4) is 0 Å². The predicted molar refractivity (Wildman–Crippen MR) is 97.9 cm³/mol. The molecular weight excluding hydrogens is 320 g/mol. The first-order chi connectivity index (χ1) is 11.6. The number of hydrogen-bond donors (Lipinski definition) is 0. The zero-order valence-corrected chi connectivity index (χ0v) is 15.0. The molecule has 0 spiro atoms. The fraction of sp³-hybridized carbons (Fsp3) is 0.450. The lowest BCUT2D eigenvalue weighted by Crippen LogP contribution is -2.22. The molecule has 4 heteroatoms. The van der Waals surface area contributed by atoms with Crippen LogP contribution in [0.15, 0.2) is 36.5 Å². The van der Waals surface area contributed by atoms with E-state index >= 15 is 0 Å². The summed E-state index contributed by atoms with van der Waals surface area (Å²) in [6.07, 6.45) is 3.28. The summed E-state index contributed by atoms with van der Waals surface area (Å²) in [5.74, 6) is 4.09. The predicted octanol–water partition coefficient (Wildman–Crippen LogP) is 4.89. The standard InChI is InChI=1S/C20H23ClN2O/c1-13(2)15-3-4-19(18(21)9-15)24-12-14-5-6-22-20(7-14)23-10-16-8-17(16)11-23/h3-7,9,13,16-17H,8,10-12H2,1-2H3. The molecule has 1 aromatic carbocycles. The van der Waals surface area contributed by atoms with Crippen LogP contribution in [0.1, 0.15) is 37.3 Å². The number of piperidine rings is 1. The maximum Gasteiger partial charge on any atom is 0.138 e. The lowest BCUT2D eigenvalue weighted by molar-refractivity contribution is 0.306. The van der Waals surface area contributed by atoms with Crippen LogP contribution in [0.4, 0.5) is 5.82 Å². The van der Waals surface area contributed by atoms with Gasteiger partial charge in [-0.1, -0.05) is 31.5 Å². The summed E-state index contributed by atoms with van der Waals surface area (Å²) in [5, 5.41) is 0.676. The van der Waals surface area contributed by atoms with Crippen molar-refractivity contribution in [3.63, 3.8) is 0 Å². The zero-order chi connectivity index (χ0) is 16.7. The number of hydrogen-bond acceptors (Lipinski definition) is 3. The second kappa shape index (κ2) is 6.29. The number of nitrogens with zero attached hydrogens (tertiary/aromatic N) is 2. The lowest BCUT2D eigenvalue weighted by Gasteiger charge is -2.19. The molecule has 2 atom stereocenters. The Kier molecular flexibility index (Phi) is 4.13. The van der Waals surface area contributed by atoms with E-state index in [1.54, 1.807) is 0 Å². The Labute approximate surface area is 148 Å². The lowest BCUT2D eigenvalue weighted by atomic mass is 10.0. The average Bonchev–Trinajstić information content (AvgIpc) is 3.19. The first kappa shape index (κ1) is 15.8. The van der Waals surface area contributed by atoms with Crippen molar-refractivity contribution >= 4 is 17.4 Å². The summed E-state index contributed by atoms with van der Waals surface area (Å²) in [6.45, 7) is 7.14. The third kappa shape index (κ3) is 3.23. The minimum atomic E-state index is 0.464. The molecule has 2 unspecified atom stereocenters. The van der Waals surface area contributed by atoms with Crippen molar-refractivity contribution < 1.29 is 4.74 Å². The van der Waals surface area contributed by atoms with Crippen LogP contribution in [0.2, 0.25) is 5.02 Å². The Bertz CT molecular complexity index is 736. The van der Waals surface area contributed by atoms with Gasteiger partial charge in [0.05, 0.1) is 5.02 Å². The number of aromatic nitrogens is 1. The minimum absolute atomic E-state index is 0.464. The number of rotatable bonds is 5. The topological polar surface area (TPSA) is 25.4 Å². The highest BCUT2D eigenvalue weighted by Gasteiger charge is 2.45. The molecule has 4 rings (SSSR count). The van der Waals surface area contributed by atoms with E-state index in [2.05, 4.69) is 35.9 Å². The van der Waals surface area contributed by atoms with Crippen LogP contribution >= 0.6 is 11.6 Å². The Hall–Kier alpha value is -1.74. The molecule has 0 N–H and O–H groups in total. The maximum absolute atomic E-state index is 6.35. The molecule has 3 nitrogen and oxygen atoms in total. The molecule has 1 aromatic heterocycles. The summed E-state index contributed by atoms with van der Waals surface area (Å²) in [6, 6.07) is 10.2. The van der Waals surface area contributed by atoms with E-state index < -0.39 is 0 Å². The monoisotopic (exact) mass is 342 g/mol.